The van der Waals surface area contributed by atoms with Crippen LogP contribution < -0.4 is 0 Å². The molecule has 0 unspecified atom stereocenters. The Labute approximate surface area is 103 Å². The smallest absolute Gasteiger partial charge is 0.0710 e. The average molecular weight is 228 g/mol. The third kappa shape index (κ3) is 2.57. The van der Waals surface area contributed by atoms with Crippen LogP contribution in [0.3, 0.4) is 0 Å². The van der Waals surface area contributed by atoms with Gasteiger partial charge in [0.2, 0.25) is 0 Å². The molecular weight excluding hydrogens is 208 g/mol. The molecule has 90 valence electrons. The van der Waals surface area contributed by atoms with Gasteiger partial charge in [-0.1, -0.05) is 43.2 Å². The summed E-state index contributed by atoms with van der Waals surface area (Å²) >= 11 is 0. The summed E-state index contributed by atoms with van der Waals surface area (Å²) in [6, 6.07) is 8.68. The molecule has 0 aliphatic rings. The predicted octanol–water partition coefficient (Wildman–Crippen LogP) is 3.74. The number of hydrogen-bond donors (Lipinski definition) is 0. The van der Waals surface area contributed by atoms with Crippen molar-refractivity contribution in [3.8, 4) is 11.3 Å². The number of aryl methyl sites for hydroxylation is 3. The van der Waals surface area contributed by atoms with Crippen LogP contribution >= 0.6 is 0 Å². The highest BCUT2D eigenvalue weighted by atomic mass is 15.3. The topological polar surface area (TPSA) is 17.8 Å². The molecule has 2 rings (SSSR count). The number of benzene rings is 1. The minimum atomic E-state index is 1.12. The molecule has 2 nitrogen and oxygen atoms in total. The first-order valence-corrected chi connectivity index (χ1v) is 6.30. The Morgan fingerprint density at radius 3 is 2.53 bits per heavy atom. The molecule has 0 amide bonds. The lowest BCUT2D eigenvalue weighted by atomic mass is 10.0. The third-order valence-electron chi connectivity index (χ3n) is 3.14. The highest BCUT2D eigenvalue weighted by molar-refractivity contribution is 5.63. The Morgan fingerprint density at radius 2 is 1.88 bits per heavy atom. The van der Waals surface area contributed by atoms with Gasteiger partial charge in [-0.25, -0.2) is 0 Å². The molecule has 0 atom stereocenters. The second-order valence-electron chi connectivity index (χ2n) is 4.61. The zero-order valence-electron chi connectivity index (χ0n) is 10.9. The van der Waals surface area contributed by atoms with Gasteiger partial charge in [0.15, 0.2) is 0 Å². The van der Waals surface area contributed by atoms with Crippen LogP contribution in [0.25, 0.3) is 11.3 Å². The van der Waals surface area contributed by atoms with Crippen molar-refractivity contribution >= 4 is 0 Å². The van der Waals surface area contributed by atoms with Gasteiger partial charge in [0.25, 0.3) is 0 Å². The zero-order valence-corrected chi connectivity index (χ0v) is 10.9. The Morgan fingerprint density at radius 1 is 1.18 bits per heavy atom. The molecule has 0 saturated heterocycles. The monoisotopic (exact) mass is 228 g/mol. The maximum atomic E-state index is 4.38. The van der Waals surface area contributed by atoms with Gasteiger partial charge in [-0.2, -0.15) is 5.10 Å². The fourth-order valence-electron chi connectivity index (χ4n) is 2.12. The number of aromatic nitrogens is 2. The summed E-state index contributed by atoms with van der Waals surface area (Å²) in [4.78, 5) is 0. The van der Waals surface area contributed by atoms with E-state index in [-0.39, 0.29) is 0 Å². The van der Waals surface area contributed by atoms with Crippen LogP contribution in [-0.2, 0) is 13.5 Å². The summed E-state index contributed by atoms with van der Waals surface area (Å²) in [5.41, 5.74) is 5.18. The van der Waals surface area contributed by atoms with Gasteiger partial charge in [0, 0.05) is 12.6 Å². The van der Waals surface area contributed by atoms with E-state index in [0.29, 0.717) is 0 Å². The highest BCUT2D eigenvalue weighted by Gasteiger charge is 2.09. The molecule has 0 aliphatic heterocycles. The summed E-state index contributed by atoms with van der Waals surface area (Å²) in [6.45, 7) is 4.34. The van der Waals surface area contributed by atoms with Crippen molar-refractivity contribution in [2.24, 2.45) is 7.05 Å². The van der Waals surface area contributed by atoms with E-state index in [9.17, 15) is 0 Å². The van der Waals surface area contributed by atoms with Gasteiger partial charge in [-0.3, -0.25) is 4.68 Å². The maximum absolute atomic E-state index is 4.38. The van der Waals surface area contributed by atoms with Crippen molar-refractivity contribution in [3.05, 3.63) is 41.6 Å². The standard InChI is InChI=1S/C15H20N2/c1-4-5-6-14-11-16-17(3)15(14)13-9-7-12(2)8-10-13/h7-11H,4-6H2,1-3H3. The Bertz CT molecular complexity index is 480. The molecule has 1 aromatic heterocycles. The number of hydrogen-bond acceptors (Lipinski definition) is 1. The van der Waals surface area contributed by atoms with Crippen molar-refractivity contribution in [1.29, 1.82) is 0 Å². The van der Waals surface area contributed by atoms with Crippen molar-refractivity contribution in [2.45, 2.75) is 33.1 Å². The lowest BCUT2D eigenvalue weighted by molar-refractivity contribution is 0.772. The Hall–Kier alpha value is -1.57. The molecule has 0 saturated carbocycles. The average Bonchev–Trinajstić information content (AvgIpc) is 2.69. The molecule has 0 N–H and O–H groups in total. The largest absolute Gasteiger partial charge is 0.268 e. The Balaban J connectivity index is 2.36. The van der Waals surface area contributed by atoms with Gasteiger partial charge in [-0.05, 0) is 25.3 Å². The van der Waals surface area contributed by atoms with Crippen molar-refractivity contribution in [3.63, 3.8) is 0 Å². The van der Waals surface area contributed by atoms with E-state index in [2.05, 4.69) is 43.2 Å². The molecular formula is C15H20N2. The lowest BCUT2D eigenvalue weighted by Gasteiger charge is -2.06. The molecule has 17 heavy (non-hydrogen) atoms. The predicted molar refractivity (Wildman–Crippen MR) is 72.0 cm³/mol. The molecule has 1 aromatic carbocycles. The van der Waals surface area contributed by atoms with Gasteiger partial charge >= 0.3 is 0 Å². The van der Waals surface area contributed by atoms with Crippen LogP contribution in [0.1, 0.15) is 30.9 Å². The maximum Gasteiger partial charge on any atom is 0.0710 e. The molecule has 0 fully saturated rings. The minimum absolute atomic E-state index is 1.12. The lowest BCUT2D eigenvalue weighted by Crippen LogP contribution is -1.96. The van der Waals surface area contributed by atoms with Crippen LogP contribution in [0.5, 0.6) is 0 Å². The Kier molecular flexibility index (Phi) is 3.62. The van der Waals surface area contributed by atoms with Gasteiger partial charge in [-0.15, -0.1) is 0 Å². The molecule has 2 heteroatoms. The minimum Gasteiger partial charge on any atom is -0.268 e. The molecule has 0 radical (unpaired) electrons. The van der Waals surface area contributed by atoms with E-state index >= 15 is 0 Å². The van der Waals surface area contributed by atoms with Crippen LogP contribution in [0.4, 0.5) is 0 Å². The molecule has 1 heterocycles. The quantitative estimate of drug-likeness (QED) is 0.779. The normalized spacial score (nSPS) is 10.8. The van der Waals surface area contributed by atoms with E-state index in [1.165, 1.54) is 35.2 Å². The molecule has 0 spiro atoms. The van der Waals surface area contributed by atoms with E-state index < -0.39 is 0 Å². The molecule has 0 bridgehead atoms. The van der Waals surface area contributed by atoms with Crippen molar-refractivity contribution in [2.75, 3.05) is 0 Å². The first kappa shape index (κ1) is 11.9. The van der Waals surface area contributed by atoms with E-state index in [4.69, 9.17) is 0 Å². The summed E-state index contributed by atoms with van der Waals surface area (Å²) in [6.07, 6.45) is 5.57. The number of nitrogens with zero attached hydrogens (tertiary/aromatic N) is 2. The van der Waals surface area contributed by atoms with Crippen LogP contribution in [0.15, 0.2) is 30.5 Å². The fraction of sp³-hybridized carbons (Fsp3) is 0.400. The van der Waals surface area contributed by atoms with Crippen LogP contribution in [0, 0.1) is 6.92 Å². The molecule has 2 aromatic rings. The first-order valence-electron chi connectivity index (χ1n) is 6.30. The van der Waals surface area contributed by atoms with Crippen molar-refractivity contribution in [1.82, 2.24) is 9.78 Å². The third-order valence-corrected chi connectivity index (χ3v) is 3.14. The number of unbranched alkanes of at least 4 members (excludes halogenated alkanes) is 1. The summed E-state index contributed by atoms with van der Waals surface area (Å²) in [5.74, 6) is 0. The van der Waals surface area contributed by atoms with Gasteiger partial charge in [0.1, 0.15) is 0 Å². The second-order valence-corrected chi connectivity index (χ2v) is 4.61. The summed E-state index contributed by atoms with van der Waals surface area (Å²) < 4.78 is 1.98. The highest BCUT2D eigenvalue weighted by Crippen LogP contribution is 2.24. The SMILES string of the molecule is CCCCc1cnn(C)c1-c1ccc(C)cc1. The fourth-order valence-corrected chi connectivity index (χ4v) is 2.12. The molecule has 0 aliphatic carbocycles. The van der Waals surface area contributed by atoms with Gasteiger partial charge in [0.05, 0.1) is 11.9 Å². The van der Waals surface area contributed by atoms with Crippen LogP contribution in [-0.4, -0.2) is 9.78 Å². The summed E-state index contributed by atoms with van der Waals surface area (Å²) in [7, 11) is 2.02. The summed E-state index contributed by atoms with van der Waals surface area (Å²) in [5, 5.41) is 4.38. The number of rotatable bonds is 4. The zero-order chi connectivity index (χ0) is 12.3. The second kappa shape index (κ2) is 5.17. The van der Waals surface area contributed by atoms with Crippen molar-refractivity contribution < 1.29 is 0 Å². The van der Waals surface area contributed by atoms with Gasteiger partial charge < -0.3 is 0 Å². The first-order chi connectivity index (χ1) is 8.22. The van der Waals surface area contributed by atoms with E-state index in [0.717, 1.165) is 6.42 Å². The van der Waals surface area contributed by atoms with E-state index in [1.54, 1.807) is 0 Å². The van der Waals surface area contributed by atoms with E-state index in [1.807, 2.05) is 17.9 Å². The van der Waals surface area contributed by atoms with Crippen LogP contribution in [0.2, 0.25) is 0 Å².